The predicted octanol–water partition coefficient (Wildman–Crippen LogP) is 3.00. The summed E-state index contributed by atoms with van der Waals surface area (Å²) in [6.45, 7) is 6.87. The largest absolute Gasteiger partial charge is 0.306 e. The van der Waals surface area contributed by atoms with Crippen LogP contribution < -0.4 is 5.32 Å². The first kappa shape index (κ1) is 14.5. The van der Waals surface area contributed by atoms with Gasteiger partial charge in [0, 0.05) is 23.2 Å². The lowest BCUT2D eigenvalue weighted by molar-refractivity contribution is -0.384. The first-order valence-corrected chi connectivity index (χ1v) is 6.99. The molecule has 20 heavy (non-hydrogen) atoms. The standard InChI is InChI=1S/C13H16N4O2S/c1-13(2,3)14-8-11-15-16-12(20-11)9-5-4-6-10(7-9)17(18)19/h4-7,14H,8H2,1-3H3. The van der Waals surface area contributed by atoms with E-state index in [1.807, 2.05) is 0 Å². The lowest BCUT2D eigenvalue weighted by Gasteiger charge is -2.19. The summed E-state index contributed by atoms with van der Waals surface area (Å²) in [7, 11) is 0. The highest BCUT2D eigenvalue weighted by Gasteiger charge is 2.13. The SMILES string of the molecule is CC(C)(C)NCc1nnc(-c2cccc([N+](=O)[O-])c2)s1. The molecule has 2 rings (SSSR count). The molecule has 0 spiro atoms. The normalized spacial score (nSPS) is 11.6. The Hall–Kier alpha value is -1.86. The van der Waals surface area contributed by atoms with E-state index in [1.54, 1.807) is 12.1 Å². The maximum absolute atomic E-state index is 10.8. The van der Waals surface area contributed by atoms with Crippen molar-refractivity contribution in [2.75, 3.05) is 0 Å². The molecule has 0 radical (unpaired) electrons. The predicted molar refractivity (Wildman–Crippen MR) is 78.6 cm³/mol. The molecule has 0 atom stereocenters. The number of non-ortho nitro benzene ring substituents is 1. The average Bonchev–Trinajstić information content (AvgIpc) is 2.84. The summed E-state index contributed by atoms with van der Waals surface area (Å²) < 4.78 is 0. The number of nitro benzene ring substituents is 1. The summed E-state index contributed by atoms with van der Waals surface area (Å²) in [6, 6.07) is 6.44. The monoisotopic (exact) mass is 292 g/mol. The van der Waals surface area contributed by atoms with Gasteiger partial charge >= 0.3 is 0 Å². The minimum absolute atomic E-state index is 0.0113. The second-order valence-corrected chi connectivity index (χ2v) is 6.47. The van der Waals surface area contributed by atoms with Crippen LogP contribution in [0.15, 0.2) is 24.3 Å². The fourth-order valence-corrected chi connectivity index (χ4v) is 2.31. The molecule has 7 heteroatoms. The molecule has 106 valence electrons. The van der Waals surface area contributed by atoms with E-state index < -0.39 is 4.92 Å². The number of hydrogen-bond donors (Lipinski definition) is 1. The molecule has 1 aromatic heterocycles. The van der Waals surface area contributed by atoms with E-state index in [2.05, 4.69) is 36.3 Å². The van der Waals surface area contributed by atoms with Crippen molar-refractivity contribution in [1.29, 1.82) is 0 Å². The molecular formula is C13H16N4O2S. The van der Waals surface area contributed by atoms with E-state index in [-0.39, 0.29) is 11.2 Å². The molecule has 1 aromatic carbocycles. The van der Waals surface area contributed by atoms with Crippen LogP contribution in [0.5, 0.6) is 0 Å². The third kappa shape index (κ3) is 3.82. The number of nitrogens with zero attached hydrogens (tertiary/aromatic N) is 3. The minimum Gasteiger partial charge on any atom is -0.306 e. The number of aromatic nitrogens is 2. The van der Waals surface area contributed by atoms with Crippen LogP contribution >= 0.6 is 11.3 Å². The quantitative estimate of drug-likeness (QED) is 0.692. The van der Waals surface area contributed by atoms with Gasteiger partial charge in [-0.1, -0.05) is 23.5 Å². The van der Waals surface area contributed by atoms with Gasteiger partial charge in [-0.25, -0.2) is 0 Å². The van der Waals surface area contributed by atoms with Gasteiger partial charge in [-0.3, -0.25) is 10.1 Å². The van der Waals surface area contributed by atoms with Gasteiger partial charge in [0.1, 0.15) is 10.0 Å². The Bertz CT molecular complexity index is 619. The van der Waals surface area contributed by atoms with Gasteiger partial charge in [-0.15, -0.1) is 10.2 Å². The zero-order chi connectivity index (χ0) is 14.8. The van der Waals surface area contributed by atoms with Crippen molar-refractivity contribution < 1.29 is 4.92 Å². The Morgan fingerprint density at radius 2 is 2.10 bits per heavy atom. The van der Waals surface area contributed by atoms with Crippen molar-refractivity contribution >= 4 is 17.0 Å². The molecule has 1 N–H and O–H groups in total. The van der Waals surface area contributed by atoms with Crippen LogP contribution in [0.1, 0.15) is 25.8 Å². The summed E-state index contributed by atoms with van der Waals surface area (Å²) in [5.74, 6) is 0. The number of nitro groups is 1. The molecule has 0 aliphatic heterocycles. The topological polar surface area (TPSA) is 81.0 Å². The zero-order valence-electron chi connectivity index (χ0n) is 11.6. The Morgan fingerprint density at radius 3 is 2.75 bits per heavy atom. The molecule has 0 aliphatic carbocycles. The maximum Gasteiger partial charge on any atom is 0.270 e. The van der Waals surface area contributed by atoms with Gasteiger partial charge in [0.15, 0.2) is 0 Å². The Labute approximate surface area is 121 Å². The van der Waals surface area contributed by atoms with E-state index in [9.17, 15) is 10.1 Å². The number of nitrogens with one attached hydrogen (secondary N) is 1. The molecule has 0 amide bonds. The van der Waals surface area contributed by atoms with Gasteiger partial charge < -0.3 is 5.32 Å². The van der Waals surface area contributed by atoms with Crippen LogP contribution in [0.4, 0.5) is 5.69 Å². The van der Waals surface area contributed by atoms with Crippen LogP contribution in [0, 0.1) is 10.1 Å². The third-order valence-electron chi connectivity index (χ3n) is 2.54. The fourth-order valence-electron chi connectivity index (χ4n) is 1.53. The molecule has 0 fully saturated rings. The second-order valence-electron chi connectivity index (χ2n) is 5.41. The Kier molecular flexibility index (Phi) is 4.10. The summed E-state index contributed by atoms with van der Waals surface area (Å²) in [5, 5.41) is 23.9. The Morgan fingerprint density at radius 1 is 1.35 bits per heavy atom. The van der Waals surface area contributed by atoms with Crippen molar-refractivity contribution in [2.45, 2.75) is 32.9 Å². The highest BCUT2D eigenvalue weighted by Crippen LogP contribution is 2.26. The molecule has 0 aliphatic rings. The van der Waals surface area contributed by atoms with Crippen molar-refractivity contribution in [2.24, 2.45) is 0 Å². The van der Waals surface area contributed by atoms with E-state index in [0.717, 1.165) is 10.6 Å². The van der Waals surface area contributed by atoms with E-state index >= 15 is 0 Å². The molecule has 0 unspecified atom stereocenters. The molecule has 0 bridgehead atoms. The molecular weight excluding hydrogens is 276 g/mol. The summed E-state index contributed by atoms with van der Waals surface area (Å²) in [5.41, 5.74) is 0.794. The van der Waals surface area contributed by atoms with Crippen LogP contribution in [0.3, 0.4) is 0 Å². The van der Waals surface area contributed by atoms with Crippen LogP contribution in [-0.4, -0.2) is 20.7 Å². The lowest BCUT2D eigenvalue weighted by atomic mass is 10.1. The van der Waals surface area contributed by atoms with E-state index in [1.165, 1.54) is 23.5 Å². The summed E-state index contributed by atoms with van der Waals surface area (Å²) in [6.07, 6.45) is 0. The van der Waals surface area contributed by atoms with Crippen molar-refractivity contribution in [1.82, 2.24) is 15.5 Å². The minimum atomic E-state index is -0.410. The van der Waals surface area contributed by atoms with Crippen molar-refractivity contribution in [3.05, 3.63) is 39.4 Å². The van der Waals surface area contributed by atoms with Crippen LogP contribution in [-0.2, 0) is 6.54 Å². The van der Waals surface area contributed by atoms with Gasteiger partial charge in [-0.05, 0) is 20.8 Å². The van der Waals surface area contributed by atoms with E-state index in [0.29, 0.717) is 11.6 Å². The number of benzene rings is 1. The molecule has 0 saturated carbocycles. The first-order chi connectivity index (χ1) is 9.35. The zero-order valence-corrected chi connectivity index (χ0v) is 12.4. The number of rotatable bonds is 4. The first-order valence-electron chi connectivity index (χ1n) is 6.17. The van der Waals surface area contributed by atoms with Crippen molar-refractivity contribution in [3.8, 4) is 10.6 Å². The Balaban J connectivity index is 2.16. The van der Waals surface area contributed by atoms with Gasteiger partial charge in [0.2, 0.25) is 0 Å². The lowest BCUT2D eigenvalue weighted by Crippen LogP contribution is -2.35. The highest BCUT2D eigenvalue weighted by atomic mass is 32.1. The average molecular weight is 292 g/mol. The maximum atomic E-state index is 10.8. The third-order valence-corrected chi connectivity index (χ3v) is 3.51. The van der Waals surface area contributed by atoms with Crippen LogP contribution in [0.25, 0.3) is 10.6 Å². The molecule has 6 nitrogen and oxygen atoms in total. The molecule has 0 saturated heterocycles. The van der Waals surface area contributed by atoms with Gasteiger partial charge in [0.25, 0.3) is 5.69 Å². The van der Waals surface area contributed by atoms with Crippen molar-refractivity contribution in [3.63, 3.8) is 0 Å². The highest BCUT2D eigenvalue weighted by molar-refractivity contribution is 7.14. The summed E-state index contributed by atoms with van der Waals surface area (Å²) in [4.78, 5) is 10.4. The fraction of sp³-hybridized carbons (Fsp3) is 0.385. The smallest absolute Gasteiger partial charge is 0.270 e. The molecule has 1 heterocycles. The number of hydrogen-bond acceptors (Lipinski definition) is 6. The second kappa shape index (κ2) is 5.64. The van der Waals surface area contributed by atoms with Gasteiger partial charge in [-0.2, -0.15) is 0 Å². The van der Waals surface area contributed by atoms with Gasteiger partial charge in [0.05, 0.1) is 11.5 Å². The van der Waals surface area contributed by atoms with E-state index in [4.69, 9.17) is 0 Å². The molecule has 2 aromatic rings. The summed E-state index contributed by atoms with van der Waals surface area (Å²) >= 11 is 1.44. The van der Waals surface area contributed by atoms with Crippen LogP contribution in [0.2, 0.25) is 0 Å².